The molecule has 2 rings (SSSR count). The van der Waals surface area contributed by atoms with Gasteiger partial charge in [0.25, 0.3) is 0 Å². The summed E-state index contributed by atoms with van der Waals surface area (Å²) >= 11 is 0. The number of halogens is 2. The molecule has 0 radical (unpaired) electrons. The molecule has 18 heavy (non-hydrogen) atoms. The predicted molar refractivity (Wildman–Crippen MR) is 65.1 cm³/mol. The van der Waals surface area contributed by atoms with Crippen molar-refractivity contribution in [2.24, 2.45) is 11.7 Å². The zero-order chi connectivity index (χ0) is 13.1. The average Bonchev–Trinajstić information content (AvgIpc) is 2.78. The van der Waals surface area contributed by atoms with Crippen molar-refractivity contribution in [3.63, 3.8) is 0 Å². The lowest BCUT2D eigenvalue weighted by molar-refractivity contribution is 0.0621. The van der Waals surface area contributed by atoms with Crippen LogP contribution in [-0.2, 0) is 6.54 Å². The first-order valence-corrected chi connectivity index (χ1v) is 6.35. The second kappa shape index (κ2) is 5.75. The van der Waals surface area contributed by atoms with Crippen LogP contribution in [0.15, 0.2) is 12.4 Å². The van der Waals surface area contributed by atoms with E-state index in [1.165, 1.54) is 12.4 Å². The number of nitrogens with zero attached hydrogens (tertiary/aromatic N) is 3. The Hall–Kier alpha value is -1.01. The molecular formula is C12H20F2N4. The predicted octanol–water partition coefficient (Wildman–Crippen LogP) is 1.84. The van der Waals surface area contributed by atoms with Gasteiger partial charge in [-0.2, -0.15) is 8.78 Å². The van der Waals surface area contributed by atoms with E-state index in [9.17, 15) is 8.78 Å². The number of likely N-dealkylation sites (tertiary alicyclic amines) is 1. The molecule has 2 heterocycles. The van der Waals surface area contributed by atoms with Crippen LogP contribution in [-0.4, -0.2) is 33.6 Å². The quantitative estimate of drug-likeness (QED) is 0.896. The second-order valence-corrected chi connectivity index (χ2v) is 5.00. The first-order chi connectivity index (χ1) is 8.58. The Labute approximate surface area is 106 Å². The summed E-state index contributed by atoms with van der Waals surface area (Å²) in [5.41, 5.74) is 5.88. The van der Waals surface area contributed by atoms with Crippen molar-refractivity contribution >= 4 is 0 Å². The molecule has 6 heteroatoms. The number of imidazole rings is 1. The van der Waals surface area contributed by atoms with Gasteiger partial charge in [-0.05, 0) is 38.8 Å². The molecule has 1 atom stereocenters. The molecule has 1 unspecified atom stereocenters. The fourth-order valence-electron chi connectivity index (χ4n) is 2.48. The maximum atomic E-state index is 12.7. The van der Waals surface area contributed by atoms with Gasteiger partial charge in [-0.15, -0.1) is 0 Å². The topological polar surface area (TPSA) is 47.1 Å². The Balaban J connectivity index is 1.90. The van der Waals surface area contributed by atoms with Crippen LogP contribution in [0.3, 0.4) is 0 Å². The zero-order valence-corrected chi connectivity index (χ0v) is 10.6. The highest BCUT2D eigenvalue weighted by Crippen LogP contribution is 2.21. The van der Waals surface area contributed by atoms with Crippen LogP contribution in [0.2, 0.25) is 0 Å². The number of alkyl halides is 2. The van der Waals surface area contributed by atoms with Crippen LogP contribution in [0, 0.1) is 5.92 Å². The number of hydrogen-bond acceptors (Lipinski definition) is 3. The van der Waals surface area contributed by atoms with Crippen molar-refractivity contribution in [2.75, 3.05) is 13.1 Å². The van der Waals surface area contributed by atoms with Crippen molar-refractivity contribution in [1.29, 1.82) is 0 Å². The molecule has 0 aliphatic carbocycles. The highest BCUT2D eigenvalue weighted by Gasteiger charge is 2.23. The van der Waals surface area contributed by atoms with Crippen molar-refractivity contribution in [1.82, 2.24) is 14.5 Å². The molecule has 1 aromatic rings. The minimum absolute atomic E-state index is 0.218. The van der Waals surface area contributed by atoms with E-state index in [0.717, 1.165) is 30.5 Å². The van der Waals surface area contributed by atoms with Crippen LogP contribution in [0.1, 0.15) is 32.1 Å². The minimum atomic E-state index is -2.51. The minimum Gasteiger partial charge on any atom is -0.328 e. The third-order valence-corrected chi connectivity index (χ3v) is 3.70. The summed E-state index contributed by atoms with van der Waals surface area (Å²) in [4.78, 5) is 6.17. The van der Waals surface area contributed by atoms with E-state index in [-0.39, 0.29) is 6.04 Å². The van der Waals surface area contributed by atoms with Crippen molar-refractivity contribution in [3.8, 4) is 0 Å². The summed E-state index contributed by atoms with van der Waals surface area (Å²) in [5, 5.41) is 0. The molecule has 0 bridgehead atoms. The van der Waals surface area contributed by atoms with Gasteiger partial charge in [0, 0.05) is 18.4 Å². The molecule has 1 fully saturated rings. The Morgan fingerprint density at radius 2 is 2.11 bits per heavy atom. The summed E-state index contributed by atoms with van der Waals surface area (Å²) in [6.45, 7) is 1.82. The highest BCUT2D eigenvalue weighted by molar-refractivity contribution is 4.93. The number of piperidine rings is 1. The van der Waals surface area contributed by atoms with Gasteiger partial charge in [0.2, 0.25) is 0 Å². The lowest BCUT2D eigenvalue weighted by Gasteiger charge is -2.33. The van der Waals surface area contributed by atoms with Gasteiger partial charge in [-0.25, -0.2) is 4.98 Å². The van der Waals surface area contributed by atoms with E-state index in [1.54, 1.807) is 0 Å². The van der Waals surface area contributed by atoms with E-state index in [2.05, 4.69) is 9.88 Å². The molecule has 1 saturated heterocycles. The van der Waals surface area contributed by atoms with Gasteiger partial charge in [-0.1, -0.05) is 0 Å². The normalized spacial score (nSPS) is 20.5. The fourth-order valence-corrected chi connectivity index (χ4v) is 2.48. The SMILES string of the molecule is CC(N)C1CCN(Cc2nccn2C(F)F)CC1. The van der Waals surface area contributed by atoms with Crippen LogP contribution in [0.4, 0.5) is 8.78 Å². The van der Waals surface area contributed by atoms with E-state index in [1.807, 2.05) is 6.92 Å². The van der Waals surface area contributed by atoms with Gasteiger partial charge < -0.3 is 5.73 Å². The van der Waals surface area contributed by atoms with Gasteiger partial charge in [-0.3, -0.25) is 9.47 Å². The molecule has 2 N–H and O–H groups in total. The summed E-state index contributed by atoms with van der Waals surface area (Å²) in [6, 6.07) is 0.218. The van der Waals surface area contributed by atoms with Crippen LogP contribution < -0.4 is 5.73 Å². The molecule has 0 saturated carbocycles. The van der Waals surface area contributed by atoms with E-state index in [0.29, 0.717) is 18.3 Å². The third kappa shape index (κ3) is 3.05. The van der Waals surface area contributed by atoms with Crippen molar-refractivity contribution in [3.05, 3.63) is 18.2 Å². The Morgan fingerprint density at radius 3 is 2.67 bits per heavy atom. The van der Waals surface area contributed by atoms with Crippen LogP contribution >= 0.6 is 0 Å². The third-order valence-electron chi connectivity index (χ3n) is 3.70. The lowest BCUT2D eigenvalue weighted by atomic mass is 9.91. The lowest BCUT2D eigenvalue weighted by Crippen LogP contribution is -2.39. The molecule has 102 valence electrons. The van der Waals surface area contributed by atoms with E-state index < -0.39 is 6.55 Å². The molecule has 0 spiro atoms. The Morgan fingerprint density at radius 1 is 1.44 bits per heavy atom. The first kappa shape index (κ1) is 13.4. The molecule has 1 aliphatic rings. The molecule has 4 nitrogen and oxygen atoms in total. The standard InChI is InChI=1S/C12H20F2N4/c1-9(15)10-2-5-17(6-3-10)8-11-16-4-7-18(11)12(13)14/h4,7,9-10,12H,2-3,5-6,8,15H2,1H3. The summed E-state index contributed by atoms with van der Waals surface area (Å²) in [6.07, 6.45) is 4.82. The Bertz CT molecular complexity index is 370. The largest absolute Gasteiger partial charge is 0.328 e. The van der Waals surface area contributed by atoms with E-state index >= 15 is 0 Å². The zero-order valence-electron chi connectivity index (χ0n) is 10.6. The first-order valence-electron chi connectivity index (χ1n) is 6.35. The summed E-state index contributed by atoms with van der Waals surface area (Å²) < 4.78 is 26.3. The highest BCUT2D eigenvalue weighted by atomic mass is 19.3. The maximum absolute atomic E-state index is 12.7. The average molecular weight is 258 g/mol. The number of rotatable bonds is 4. The van der Waals surface area contributed by atoms with Gasteiger partial charge in [0.15, 0.2) is 0 Å². The number of hydrogen-bond donors (Lipinski definition) is 1. The van der Waals surface area contributed by atoms with Gasteiger partial charge >= 0.3 is 6.55 Å². The van der Waals surface area contributed by atoms with Crippen molar-refractivity contribution in [2.45, 2.75) is 38.9 Å². The Kier molecular flexibility index (Phi) is 4.29. The van der Waals surface area contributed by atoms with Gasteiger partial charge in [0.05, 0.1) is 6.54 Å². The second-order valence-electron chi connectivity index (χ2n) is 5.00. The summed E-state index contributed by atoms with van der Waals surface area (Å²) in [7, 11) is 0. The monoisotopic (exact) mass is 258 g/mol. The van der Waals surface area contributed by atoms with Crippen LogP contribution in [0.5, 0.6) is 0 Å². The van der Waals surface area contributed by atoms with E-state index in [4.69, 9.17) is 5.73 Å². The fraction of sp³-hybridized carbons (Fsp3) is 0.750. The number of aromatic nitrogens is 2. The number of nitrogens with two attached hydrogens (primary N) is 1. The molecule has 1 aromatic heterocycles. The smallest absolute Gasteiger partial charge is 0.319 e. The molecule has 1 aliphatic heterocycles. The summed E-state index contributed by atoms with van der Waals surface area (Å²) in [5.74, 6) is 0.986. The van der Waals surface area contributed by atoms with Crippen molar-refractivity contribution < 1.29 is 8.78 Å². The molecular weight excluding hydrogens is 238 g/mol. The molecule has 0 aromatic carbocycles. The maximum Gasteiger partial charge on any atom is 0.319 e. The molecule has 0 amide bonds. The van der Waals surface area contributed by atoms with Crippen LogP contribution in [0.25, 0.3) is 0 Å². The van der Waals surface area contributed by atoms with Gasteiger partial charge in [0.1, 0.15) is 5.82 Å².